The minimum atomic E-state index is -1.12. The smallest absolute Gasteiger partial charge is 0.409 e. The molecule has 0 bridgehead atoms. The molecule has 11 heteroatoms. The third kappa shape index (κ3) is 3.55. The SMILES string of the molecule is CCc1c(NC(=O)O)cn2ncnc(Nc3ccc4c(cnn4Cc4cnccn4)c3)c12. The number of aryl methyl sites for hydroxylation is 1. The molecule has 32 heavy (non-hydrogen) atoms. The van der Waals surface area contributed by atoms with Crippen LogP contribution in [-0.2, 0) is 13.0 Å². The second-order valence-electron chi connectivity index (χ2n) is 7.10. The fourth-order valence-electron chi connectivity index (χ4n) is 3.74. The van der Waals surface area contributed by atoms with Crippen molar-refractivity contribution >= 4 is 39.7 Å². The number of rotatable bonds is 6. The highest BCUT2D eigenvalue weighted by Crippen LogP contribution is 2.30. The van der Waals surface area contributed by atoms with Gasteiger partial charge >= 0.3 is 6.09 Å². The van der Waals surface area contributed by atoms with Crippen molar-refractivity contribution in [3.05, 3.63) is 66.8 Å². The minimum Gasteiger partial charge on any atom is -0.465 e. The number of nitrogens with zero attached hydrogens (tertiary/aromatic N) is 7. The third-order valence-electron chi connectivity index (χ3n) is 5.11. The van der Waals surface area contributed by atoms with E-state index < -0.39 is 6.09 Å². The van der Waals surface area contributed by atoms with Crippen LogP contribution in [0.3, 0.4) is 0 Å². The molecule has 1 aromatic carbocycles. The highest BCUT2D eigenvalue weighted by Gasteiger charge is 2.16. The Morgan fingerprint density at radius 2 is 2.06 bits per heavy atom. The Balaban J connectivity index is 1.48. The summed E-state index contributed by atoms with van der Waals surface area (Å²) in [6.45, 7) is 2.48. The van der Waals surface area contributed by atoms with Crippen LogP contribution >= 0.6 is 0 Å². The van der Waals surface area contributed by atoms with Crippen LogP contribution < -0.4 is 10.6 Å². The number of fused-ring (bicyclic) bond motifs is 2. The summed E-state index contributed by atoms with van der Waals surface area (Å²) in [4.78, 5) is 23.9. The van der Waals surface area contributed by atoms with Gasteiger partial charge in [0.25, 0.3) is 0 Å². The maximum atomic E-state index is 11.1. The first-order valence-corrected chi connectivity index (χ1v) is 9.95. The average Bonchev–Trinajstić information content (AvgIpc) is 3.35. The van der Waals surface area contributed by atoms with Gasteiger partial charge in [0.2, 0.25) is 0 Å². The molecule has 4 aromatic heterocycles. The Bertz CT molecular complexity index is 1430. The van der Waals surface area contributed by atoms with E-state index in [1.807, 2.05) is 29.8 Å². The quantitative estimate of drug-likeness (QED) is 0.374. The first kappa shape index (κ1) is 19.4. The standard InChI is InChI=1S/C21H19N9O2/c1-2-16-17(28-21(31)32)11-30-19(16)20(24-12-26-30)27-14-3-4-18-13(7-14)8-25-29(18)10-15-9-22-5-6-23-15/h3-9,11-12,28H,2,10H2,1H3,(H,31,32)(H,24,26,27). The molecule has 5 rings (SSSR count). The maximum absolute atomic E-state index is 11.1. The van der Waals surface area contributed by atoms with Crippen molar-refractivity contribution in [2.24, 2.45) is 0 Å². The molecule has 1 amide bonds. The van der Waals surface area contributed by atoms with E-state index in [2.05, 4.69) is 35.8 Å². The number of anilines is 3. The Kier molecular flexibility index (Phi) is 4.82. The van der Waals surface area contributed by atoms with E-state index in [-0.39, 0.29) is 0 Å². The number of hydrogen-bond donors (Lipinski definition) is 3. The van der Waals surface area contributed by atoms with E-state index in [1.54, 1.807) is 35.5 Å². The monoisotopic (exact) mass is 429 g/mol. The molecule has 0 aliphatic heterocycles. The molecule has 0 aliphatic rings. The fourth-order valence-corrected chi connectivity index (χ4v) is 3.74. The fraction of sp³-hybridized carbons (Fsp3) is 0.143. The van der Waals surface area contributed by atoms with E-state index >= 15 is 0 Å². The lowest BCUT2D eigenvalue weighted by Gasteiger charge is -2.09. The van der Waals surface area contributed by atoms with E-state index in [9.17, 15) is 4.79 Å². The molecule has 160 valence electrons. The van der Waals surface area contributed by atoms with E-state index in [0.29, 0.717) is 24.5 Å². The van der Waals surface area contributed by atoms with Crippen LogP contribution in [-0.4, -0.2) is 45.5 Å². The van der Waals surface area contributed by atoms with Gasteiger partial charge in [-0.2, -0.15) is 10.2 Å². The van der Waals surface area contributed by atoms with Gasteiger partial charge in [0.05, 0.1) is 42.0 Å². The lowest BCUT2D eigenvalue weighted by molar-refractivity contribution is 0.209. The average molecular weight is 429 g/mol. The summed E-state index contributed by atoms with van der Waals surface area (Å²) >= 11 is 0. The second-order valence-corrected chi connectivity index (χ2v) is 7.10. The molecule has 0 atom stereocenters. The van der Waals surface area contributed by atoms with Gasteiger partial charge in [0, 0.05) is 29.0 Å². The van der Waals surface area contributed by atoms with Crippen molar-refractivity contribution in [3.63, 3.8) is 0 Å². The molecule has 0 radical (unpaired) electrons. The predicted octanol–water partition coefficient (Wildman–Crippen LogP) is 3.31. The molecule has 11 nitrogen and oxygen atoms in total. The lowest BCUT2D eigenvalue weighted by atomic mass is 10.2. The van der Waals surface area contributed by atoms with Gasteiger partial charge in [-0.25, -0.2) is 14.3 Å². The first-order valence-electron chi connectivity index (χ1n) is 9.95. The van der Waals surface area contributed by atoms with Gasteiger partial charge in [-0.3, -0.25) is 20.0 Å². The van der Waals surface area contributed by atoms with Crippen molar-refractivity contribution in [2.75, 3.05) is 10.6 Å². The highest BCUT2D eigenvalue weighted by molar-refractivity contribution is 5.90. The summed E-state index contributed by atoms with van der Waals surface area (Å²) in [5, 5.41) is 24.5. The Labute approximate surface area is 181 Å². The molecule has 0 spiro atoms. The zero-order valence-electron chi connectivity index (χ0n) is 17.1. The van der Waals surface area contributed by atoms with Gasteiger partial charge in [0.15, 0.2) is 5.82 Å². The molecule has 0 fully saturated rings. The number of carbonyl (C=O) groups is 1. The molecule has 3 N–H and O–H groups in total. The summed E-state index contributed by atoms with van der Waals surface area (Å²) in [6.07, 6.45) is 9.39. The van der Waals surface area contributed by atoms with Crippen LogP contribution in [0, 0.1) is 0 Å². The Hall–Kier alpha value is -4.54. The second kappa shape index (κ2) is 7.95. The van der Waals surface area contributed by atoms with E-state index in [1.165, 1.54) is 6.33 Å². The van der Waals surface area contributed by atoms with Gasteiger partial charge in [-0.15, -0.1) is 0 Å². The molecule has 0 saturated carbocycles. The maximum Gasteiger partial charge on any atom is 0.409 e. The molecular formula is C21H19N9O2. The zero-order valence-corrected chi connectivity index (χ0v) is 17.1. The summed E-state index contributed by atoms with van der Waals surface area (Å²) in [5.74, 6) is 0.585. The van der Waals surface area contributed by atoms with Gasteiger partial charge in [0.1, 0.15) is 11.8 Å². The number of hydrogen-bond acceptors (Lipinski definition) is 7. The first-order chi connectivity index (χ1) is 15.6. The largest absolute Gasteiger partial charge is 0.465 e. The summed E-state index contributed by atoms with van der Waals surface area (Å²) < 4.78 is 3.50. The van der Waals surface area contributed by atoms with Crippen LogP contribution in [0.2, 0.25) is 0 Å². The highest BCUT2D eigenvalue weighted by atomic mass is 16.4. The van der Waals surface area contributed by atoms with Gasteiger partial charge < -0.3 is 10.4 Å². The predicted molar refractivity (Wildman–Crippen MR) is 118 cm³/mol. The van der Waals surface area contributed by atoms with Crippen molar-refractivity contribution in [3.8, 4) is 0 Å². The van der Waals surface area contributed by atoms with E-state index in [0.717, 1.165) is 33.4 Å². The van der Waals surface area contributed by atoms with Crippen LogP contribution in [0.25, 0.3) is 16.4 Å². The Morgan fingerprint density at radius 3 is 2.84 bits per heavy atom. The zero-order chi connectivity index (χ0) is 22.1. The molecule has 0 saturated heterocycles. The normalized spacial score (nSPS) is 11.2. The van der Waals surface area contributed by atoms with Crippen molar-refractivity contribution in [1.29, 1.82) is 0 Å². The number of aromatic nitrogens is 7. The van der Waals surface area contributed by atoms with E-state index in [4.69, 9.17) is 5.11 Å². The number of amides is 1. The molecule has 4 heterocycles. The Morgan fingerprint density at radius 1 is 1.16 bits per heavy atom. The summed E-state index contributed by atoms with van der Waals surface area (Å²) in [6, 6.07) is 5.91. The summed E-state index contributed by atoms with van der Waals surface area (Å²) in [5.41, 5.74) is 4.65. The van der Waals surface area contributed by atoms with Crippen LogP contribution in [0.15, 0.2) is 55.5 Å². The molecule has 0 unspecified atom stereocenters. The minimum absolute atomic E-state index is 0.490. The molecule has 0 aliphatic carbocycles. The number of benzene rings is 1. The lowest BCUT2D eigenvalue weighted by Crippen LogP contribution is -2.07. The topological polar surface area (TPSA) is 135 Å². The van der Waals surface area contributed by atoms with Gasteiger partial charge in [-0.1, -0.05) is 6.92 Å². The third-order valence-corrected chi connectivity index (χ3v) is 5.11. The molecule has 5 aromatic rings. The molecular weight excluding hydrogens is 410 g/mol. The van der Waals surface area contributed by atoms with Crippen LogP contribution in [0.5, 0.6) is 0 Å². The van der Waals surface area contributed by atoms with Crippen molar-refractivity contribution < 1.29 is 9.90 Å². The van der Waals surface area contributed by atoms with Crippen molar-refractivity contribution in [2.45, 2.75) is 19.9 Å². The van der Waals surface area contributed by atoms with Crippen molar-refractivity contribution in [1.82, 2.24) is 34.3 Å². The summed E-state index contributed by atoms with van der Waals surface area (Å²) in [7, 11) is 0. The number of carboxylic acid groups (broad SMARTS) is 1. The number of nitrogens with one attached hydrogen (secondary N) is 2. The van der Waals surface area contributed by atoms with Crippen LogP contribution in [0.4, 0.5) is 22.0 Å². The van der Waals surface area contributed by atoms with Crippen LogP contribution in [0.1, 0.15) is 18.2 Å². The van der Waals surface area contributed by atoms with Gasteiger partial charge in [-0.05, 0) is 24.6 Å².